The van der Waals surface area contributed by atoms with Crippen molar-refractivity contribution in [2.24, 2.45) is 0 Å². The first-order chi connectivity index (χ1) is 7.68. The van der Waals surface area contributed by atoms with Gasteiger partial charge in [0.2, 0.25) is 10.0 Å². The Balaban J connectivity index is 1.91. The molecule has 16 heavy (non-hydrogen) atoms. The molecule has 1 aliphatic carbocycles. The highest BCUT2D eigenvalue weighted by atomic mass is 32.2. The SMILES string of the molecule is O=S(=O)(NC1CCCCCC1)C1CCNC1. The number of sulfonamides is 1. The smallest absolute Gasteiger partial charge is 0.216 e. The van der Waals surface area contributed by atoms with Crippen LogP contribution in [0.25, 0.3) is 0 Å². The van der Waals surface area contributed by atoms with Crippen molar-refractivity contribution in [2.45, 2.75) is 56.2 Å². The quantitative estimate of drug-likeness (QED) is 0.730. The standard InChI is InChI=1S/C11H22N2O2S/c14-16(15,11-7-8-12-9-11)13-10-5-3-1-2-4-6-10/h10-13H,1-9H2. The van der Waals surface area contributed by atoms with E-state index in [0.717, 1.165) is 38.6 Å². The third-order valence-corrected chi connectivity index (χ3v) is 5.58. The Morgan fingerprint density at radius 3 is 2.25 bits per heavy atom. The first-order valence-corrected chi connectivity index (χ1v) is 7.95. The molecule has 0 aromatic carbocycles. The van der Waals surface area contributed by atoms with Crippen LogP contribution in [0, 0.1) is 0 Å². The van der Waals surface area contributed by atoms with Crippen LogP contribution >= 0.6 is 0 Å². The molecular weight excluding hydrogens is 224 g/mol. The van der Waals surface area contributed by atoms with Crippen LogP contribution in [0.2, 0.25) is 0 Å². The van der Waals surface area contributed by atoms with Gasteiger partial charge in [0, 0.05) is 12.6 Å². The third kappa shape index (κ3) is 3.18. The van der Waals surface area contributed by atoms with Crippen LogP contribution in [-0.4, -0.2) is 32.8 Å². The molecule has 2 N–H and O–H groups in total. The molecule has 94 valence electrons. The number of hydrogen-bond acceptors (Lipinski definition) is 3. The number of hydrogen-bond donors (Lipinski definition) is 2. The van der Waals surface area contributed by atoms with Gasteiger partial charge in [-0.3, -0.25) is 0 Å². The molecule has 1 atom stereocenters. The van der Waals surface area contributed by atoms with Gasteiger partial charge < -0.3 is 5.32 Å². The van der Waals surface area contributed by atoms with Gasteiger partial charge in [-0.1, -0.05) is 25.7 Å². The lowest BCUT2D eigenvalue weighted by Crippen LogP contribution is -2.41. The predicted molar refractivity (Wildman–Crippen MR) is 64.8 cm³/mol. The highest BCUT2D eigenvalue weighted by Gasteiger charge is 2.30. The van der Waals surface area contributed by atoms with E-state index in [9.17, 15) is 8.42 Å². The summed E-state index contributed by atoms with van der Waals surface area (Å²) in [6.45, 7) is 1.44. The maximum atomic E-state index is 12.1. The minimum Gasteiger partial charge on any atom is -0.315 e. The Morgan fingerprint density at radius 1 is 1.00 bits per heavy atom. The molecule has 0 aromatic rings. The van der Waals surface area contributed by atoms with Gasteiger partial charge in [-0.15, -0.1) is 0 Å². The lowest BCUT2D eigenvalue weighted by atomic mass is 10.1. The van der Waals surface area contributed by atoms with E-state index in [1.54, 1.807) is 0 Å². The zero-order valence-electron chi connectivity index (χ0n) is 9.74. The minimum atomic E-state index is -3.09. The molecule has 1 unspecified atom stereocenters. The molecule has 5 heteroatoms. The molecule has 1 heterocycles. The van der Waals surface area contributed by atoms with E-state index >= 15 is 0 Å². The summed E-state index contributed by atoms with van der Waals surface area (Å²) < 4.78 is 27.0. The molecule has 4 nitrogen and oxygen atoms in total. The Bertz CT molecular complexity index is 302. The van der Waals surface area contributed by atoms with Crippen LogP contribution in [0.1, 0.15) is 44.9 Å². The summed E-state index contributed by atoms with van der Waals surface area (Å²) in [5.74, 6) is 0. The van der Waals surface area contributed by atoms with Crippen molar-refractivity contribution in [3.8, 4) is 0 Å². The van der Waals surface area contributed by atoms with Gasteiger partial charge in [-0.25, -0.2) is 13.1 Å². The maximum Gasteiger partial charge on any atom is 0.216 e. The van der Waals surface area contributed by atoms with Crippen molar-refractivity contribution < 1.29 is 8.42 Å². The zero-order chi connectivity index (χ0) is 11.4. The number of rotatable bonds is 3. The van der Waals surface area contributed by atoms with Gasteiger partial charge in [0.1, 0.15) is 0 Å². The van der Waals surface area contributed by atoms with Crippen molar-refractivity contribution in [1.82, 2.24) is 10.0 Å². The largest absolute Gasteiger partial charge is 0.315 e. The predicted octanol–water partition coefficient (Wildman–Crippen LogP) is 0.990. The molecule has 2 rings (SSSR count). The zero-order valence-corrected chi connectivity index (χ0v) is 10.6. The second-order valence-corrected chi connectivity index (χ2v) is 6.96. The summed E-state index contributed by atoms with van der Waals surface area (Å²) in [6.07, 6.45) is 7.61. The first kappa shape index (κ1) is 12.3. The summed E-state index contributed by atoms with van der Waals surface area (Å²) in [7, 11) is -3.09. The van der Waals surface area contributed by atoms with Gasteiger partial charge in [0.15, 0.2) is 0 Å². The van der Waals surface area contributed by atoms with Gasteiger partial charge in [-0.2, -0.15) is 0 Å². The topological polar surface area (TPSA) is 58.2 Å². The second-order valence-electron chi connectivity index (χ2n) is 4.97. The molecule has 1 saturated heterocycles. The van der Waals surface area contributed by atoms with E-state index in [1.807, 2.05) is 0 Å². The van der Waals surface area contributed by atoms with Crippen molar-refractivity contribution in [3.05, 3.63) is 0 Å². The molecule has 0 amide bonds. The summed E-state index contributed by atoms with van der Waals surface area (Å²) in [4.78, 5) is 0. The lowest BCUT2D eigenvalue weighted by Gasteiger charge is -2.19. The molecular formula is C11H22N2O2S. The van der Waals surface area contributed by atoms with E-state index in [4.69, 9.17) is 0 Å². The highest BCUT2D eigenvalue weighted by molar-refractivity contribution is 7.90. The molecule has 2 fully saturated rings. The first-order valence-electron chi connectivity index (χ1n) is 6.40. The fourth-order valence-electron chi connectivity index (χ4n) is 2.62. The summed E-state index contributed by atoms with van der Waals surface area (Å²) >= 11 is 0. The molecule has 1 aliphatic heterocycles. The second kappa shape index (κ2) is 5.47. The summed E-state index contributed by atoms with van der Waals surface area (Å²) in [5.41, 5.74) is 0. The van der Waals surface area contributed by atoms with Crippen LogP contribution in [-0.2, 0) is 10.0 Å². The van der Waals surface area contributed by atoms with Gasteiger partial charge in [-0.05, 0) is 25.8 Å². The van der Waals surface area contributed by atoms with E-state index in [-0.39, 0.29) is 11.3 Å². The minimum absolute atomic E-state index is 0.188. The molecule has 2 aliphatic rings. The van der Waals surface area contributed by atoms with Crippen molar-refractivity contribution in [2.75, 3.05) is 13.1 Å². The van der Waals surface area contributed by atoms with Crippen molar-refractivity contribution in [1.29, 1.82) is 0 Å². The normalized spacial score (nSPS) is 29.1. The third-order valence-electron chi connectivity index (χ3n) is 3.64. The Kier molecular flexibility index (Phi) is 4.21. The average molecular weight is 246 g/mol. The molecule has 0 bridgehead atoms. The summed E-state index contributed by atoms with van der Waals surface area (Å²) in [5, 5.41) is 2.90. The van der Waals surface area contributed by atoms with Crippen LogP contribution in [0.15, 0.2) is 0 Å². The fraction of sp³-hybridized carbons (Fsp3) is 1.00. The molecule has 0 aromatic heterocycles. The van der Waals surface area contributed by atoms with Gasteiger partial charge in [0.05, 0.1) is 5.25 Å². The molecule has 1 saturated carbocycles. The van der Waals surface area contributed by atoms with Crippen LogP contribution < -0.4 is 10.0 Å². The monoisotopic (exact) mass is 246 g/mol. The van der Waals surface area contributed by atoms with E-state index < -0.39 is 10.0 Å². The molecule has 0 spiro atoms. The fourth-order valence-corrected chi connectivity index (χ4v) is 4.28. The lowest BCUT2D eigenvalue weighted by molar-refractivity contribution is 0.503. The van der Waals surface area contributed by atoms with Crippen LogP contribution in [0.4, 0.5) is 0 Å². The Hall–Kier alpha value is -0.130. The van der Waals surface area contributed by atoms with Crippen LogP contribution in [0.3, 0.4) is 0 Å². The van der Waals surface area contributed by atoms with E-state index in [1.165, 1.54) is 12.8 Å². The van der Waals surface area contributed by atoms with Crippen molar-refractivity contribution >= 4 is 10.0 Å². The van der Waals surface area contributed by atoms with Gasteiger partial charge >= 0.3 is 0 Å². The van der Waals surface area contributed by atoms with E-state index in [0.29, 0.717) is 6.54 Å². The Labute approximate surface area is 98.2 Å². The Morgan fingerprint density at radius 2 is 1.69 bits per heavy atom. The van der Waals surface area contributed by atoms with Gasteiger partial charge in [0.25, 0.3) is 0 Å². The summed E-state index contributed by atoms with van der Waals surface area (Å²) in [6, 6.07) is 0.188. The maximum absolute atomic E-state index is 12.1. The molecule has 0 radical (unpaired) electrons. The highest BCUT2D eigenvalue weighted by Crippen LogP contribution is 2.19. The average Bonchev–Trinajstić information content (AvgIpc) is 2.67. The van der Waals surface area contributed by atoms with Crippen molar-refractivity contribution in [3.63, 3.8) is 0 Å². The van der Waals surface area contributed by atoms with E-state index in [2.05, 4.69) is 10.0 Å². The van der Waals surface area contributed by atoms with Crippen LogP contribution in [0.5, 0.6) is 0 Å². The number of nitrogens with one attached hydrogen (secondary N) is 2.